The first-order chi connectivity index (χ1) is 16.4. The molecular formula is C23H32N2O10. The van der Waals surface area contributed by atoms with Crippen molar-refractivity contribution in [1.82, 2.24) is 0 Å². The third-order valence-electron chi connectivity index (χ3n) is 10.4. The molecule has 4 saturated carbocycles. The average molecular weight is 497 g/mol. The van der Waals surface area contributed by atoms with Crippen LogP contribution in [-0.4, -0.2) is 56.9 Å². The topological polar surface area (TPSA) is 171 Å². The number of aliphatic hydroxyl groups is 2. The monoisotopic (exact) mass is 496 g/mol. The van der Waals surface area contributed by atoms with E-state index >= 15 is 0 Å². The van der Waals surface area contributed by atoms with E-state index in [1.807, 2.05) is 0 Å². The summed E-state index contributed by atoms with van der Waals surface area (Å²) in [7, 11) is 0. The van der Waals surface area contributed by atoms with Crippen molar-refractivity contribution in [3.63, 3.8) is 0 Å². The fourth-order valence-electron chi connectivity index (χ4n) is 8.85. The molecule has 0 radical (unpaired) electrons. The van der Waals surface area contributed by atoms with Crippen molar-refractivity contribution < 1.29 is 39.6 Å². The highest BCUT2D eigenvalue weighted by Crippen LogP contribution is 2.70. The summed E-state index contributed by atoms with van der Waals surface area (Å²) >= 11 is 0. The van der Waals surface area contributed by atoms with Gasteiger partial charge in [0.15, 0.2) is 0 Å². The van der Waals surface area contributed by atoms with Gasteiger partial charge >= 0.3 is 5.97 Å². The minimum Gasteiger partial charge on any atom is -0.458 e. The van der Waals surface area contributed by atoms with E-state index in [9.17, 15) is 35.2 Å². The Labute approximate surface area is 201 Å². The van der Waals surface area contributed by atoms with Gasteiger partial charge in [0.25, 0.3) is 10.2 Å². The van der Waals surface area contributed by atoms with Crippen LogP contribution in [0.5, 0.6) is 0 Å². The lowest BCUT2D eigenvalue weighted by molar-refractivity contribution is -0.772. The van der Waals surface area contributed by atoms with Crippen molar-refractivity contribution in [2.75, 3.05) is 13.2 Å². The summed E-state index contributed by atoms with van der Waals surface area (Å²) in [4.78, 5) is 43.5. The van der Waals surface area contributed by atoms with Gasteiger partial charge in [-0.1, -0.05) is 6.92 Å². The van der Waals surface area contributed by atoms with E-state index in [0.717, 1.165) is 5.57 Å². The zero-order valence-electron chi connectivity index (χ0n) is 19.7. The van der Waals surface area contributed by atoms with Crippen LogP contribution in [0.25, 0.3) is 0 Å². The second kappa shape index (κ2) is 8.02. The van der Waals surface area contributed by atoms with Crippen LogP contribution >= 0.6 is 0 Å². The molecule has 12 nitrogen and oxygen atoms in total. The fourth-order valence-corrected chi connectivity index (χ4v) is 8.85. The summed E-state index contributed by atoms with van der Waals surface area (Å²) in [6.45, 7) is 1.97. The highest BCUT2D eigenvalue weighted by Gasteiger charge is 2.71. The first-order valence-corrected chi connectivity index (χ1v) is 12.3. The number of esters is 1. The molecule has 5 rings (SSSR count). The molecule has 194 valence electrons. The molecule has 8 atom stereocenters. The SMILES string of the molecule is C[C@]12CC[C@H]3[C@H](CC[C@]4(O)C[C@@H](O[N+](=O)[O-])CC[C@]34CO[N+](=O)[O-])[C@]1(O)CC[C@H]2C1=CC(=O)OC1. The lowest BCUT2D eigenvalue weighted by Crippen LogP contribution is -2.69. The Morgan fingerprint density at radius 3 is 2.46 bits per heavy atom. The van der Waals surface area contributed by atoms with Gasteiger partial charge in [-0.2, -0.15) is 0 Å². The number of fused-ring (bicyclic) bond motifs is 5. The Hall–Kier alpha value is -2.47. The van der Waals surface area contributed by atoms with Crippen molar-refractivity contribution in [1.29, 1.82) is 0 Å². The van der Waals surface area contributed by atoms with Crippen LogP contribution in [0, 0.1) is 48.8 Å². The predicted octanol–water partition coefficient (Wildman–Crippen LogP) is 2.12. The Kier molecular flexibility index (Phi) is 5.55. The van der Waals surface area contributed by atoms with Gasteiger partial charge < -0.3 is 24.6 Å². The summed E-state index contributed by atoms with van der Waals surface area (Å²) in [5.41, 5.74) is -3.15. The summed E-state index contributed by atoms with van der Waals surface area (Å²) in [5, 5.41) is 44.5. The molecule has 0 unspecified atom stereocenters. The molecule has 0 aromatic heterocycles. The Balaban J connectivity index is 1.48. The van der Waals surface area contributed by atoms with Crippen LogP contribution in [0.1, 0.15) is 64.7 Å². The van der Waals surface area contributed by atoms with E-state index < -0.39 is 38.3 Å². The van der Waals surface area contributed by atoms with E-state index in [-0.39, 0.29) is 62.6 Å². The number of carbonyl (C=O) groups is 1. The smallest absolute Gasteiger partial charge is 0.331 e. The fraction of sp³-hybridized carbons (Fsp3) is 0.870. The number of hydrogen-bond acceptors (Lipinski definition) is 10. The van der Waals surface area contributed by atoms with Crippen molar-refractivity contribution in [3.8, 4) is 0 Å². The molecule has 12 heteroatoms. The van der Waals surface area contributed by atoms with E-state index in [1.165, 1.54) is 6.08 Å². The molecule has 0 saturated heterocycles. The van der Waals surface area contributed by atoms with Crippen molar-refractivity contribution in [2.24, 2.45) is 28.6 Å². The number of cyclic esters (lactones) is 1. The second-order valence-corrected chi connectivity index (χ2v) is 11.4. The third-order valence-corrected chi connectivity index (χ3v) is 10.4. The summed E-state index contributed by atoms with van der Waals surface area (Å²) in [6, 6.07) is 0. The van der Waals surface area contributed by atoms with Crippen molar-refractivity contribution in [3.05, 3.63) is 31.9 Å². The molecular weight excluding hydrogens is 464 g/mol. The molecule has 2 N–H and O–H groups in total. The largest absolute Gasteiger partial charge is 0.458 e. The zero-order chi connectivity index (χ0) is 25.2. The molecule has 4 fully saturated rings. The van der Waals surface area contributed by atoms with Gasteiger partial charge in [0.1, 0.15) is 19.3 Å². The normalized spacial score (nSPS) is 46.5. The van der Waals surface area contributed by atoms with E-state index in [4.69, 9.17) is 14.4 Å². The van der Waals surface area contributed by atoms with Crippen LogP contribution in [0.15, 0.2) is 11.6 Å². The molecule has 35 heavy (non-hydrogen) atoms. The molecule has 0 bridgehead atoms. The lowest BCUT2D eigenvalue weighted by atomic mass is 9.41. The van der Waals surface area contributed by atoms with Gasteiger partial charge in [-0.25, -0.2) is 4.79 Å². The number of nitrogens with zero attached hydrogens (tertiary/aromatic N) is 2. The molecule has 0 aromatic rings. The van der Waals surface area contributed by atoms with Gasteiger partial charge in [0.05, 0.1) is 11.2 Å². The Bertz CT molecular complexity index is 972. The highest BCUT2D eigenvalue weighted by atomic mass is 17.0. The lowest BCUT2D eigenvalue weighted by Gasteiger charge is -2.66. The third kappa shape index (κ3) is 3.43. The first-order valence-electron chi connectivity index (χ1n) is 12.3. The van der Waals surface area contributed by atoms with Gasteiger partial charge in [-0.15, -0.1) is 20.2 Å². The average Bonchev–Trinajstić information content (AvgIpc) is 3.31. The highest BCUT2D eigenvalue weighted by molar-refractivity contribution is 5.85. The predicted molar refractivity (Wildman–Crippen MR) is 116 cm³/mol. The Morgan fingerprint density at radius 1 is 1.06 bits per heavy atom. The number of carbonyl (C=O) groups excluding carboxylic acids is 1. The van der Waals surface area contributed by atoms with Crippen molar-refractivity contribution in [2.45, 2.75) is 82.0 Å². The zero-order valence-corrected chi connectivity index (χ0v) is 19.7. The first kappa shape index (κ1) is 24.2. The molecule has 1 aliphatic heterocycles. The van der Waals surface area contributed by atoms with Crippen LogP contribution in [-0.2, 0) is 19.2 Å². The minimum atomic E-state index is -1.44. The van der Waals surface area contributed by atoms with Gasteiger partial charge in [-0.05, 0) is 74.7 Å². The molecule has 5 aliphatic rings. The van der Waals surface area contributed by atoms with Crippen LogP contribution < -0.4 is 0 Å². The molecule has 1 heterocycles. The number of hydrogen-bond donors (Lipinski definition) is 2. The molecule has 0 aromatic carbocycles. The Morgan fingerprint density at radius 2 is 1.80 bits per heavy atom. The number of ether oxygens (including phenoxy) is 1. The van der Waals surface area contributed by atoms with E-state index in [1.54, 1.807) is 0 Å². The standard InChI is InChI=1S/C23H32N2O10/c1-20-6-3-17-18(23(20,28)9-5-16(20)14-10-19(26)33-12-14)4-8-22(27)11-15(35-25(31)32)2-7-21(17,22)13-34-24(29)30/h10,15-18,27-28H,2-9,11-13H2,1H3/t15-,16-,17-,18-,20+,21-,22-,23+/m0/s1. The molecule has 4 aliphatic carbocycles. The van der Waals surface area contributed by atoms with Crippen LogP contribution in [0.2, 0.25) is 0 Å². The van der Waals surface area contributed by atoms with Gasteiger partial charge in [0.2, 0.25) is 0 Å². The maximum absolute atomic E-state index is 12.3. The second-order valence-electron chi connectivity index (χ2n) is 11.4. The van der Waals surface area contributed by atoms with E-state index in [2.05, 4.69) is 6.92 Å². The summed E-state index contributed by atoms with van der Waals surface area (Å²) in [6.07, 6.45) is 4.45. The maximum Gasteiger partial charge on any atom is 0.331 e. The van der Waals surface area contributed by atoms with Crippen molar-refractivity contribution >= 4 is 5.97 Å². The van der Waals surface area contributed by atoms with Crippen LogP contribution in [0.4, 0.5) is 0 Å². The molecule has 0 spiro atoms. The van der Waals surface area contributed by atoms with Crippen LogP contribution in [0.3, 0.4) is 0 Å². The molecule has 0 amide bonds. The summed E-state index contributed by atoms with van der Waals surface area (Å²) < 4.78 is 5.15. The van der Waals surface area contributed by atoms with E-state index in [0.29, 0.717) is 32.1 Å². The maximum atomic E-state index is 12.3. The van der Waals surface area contributed by atoms with Gasteiger partial charge in [-0.3, -0.25) is 0 Å². The quantitative estimate of drug-likeness (QED) is 0.315. The summed E-state index contributed by atoms with van der Waals surface area (Å²) in [5.74, 6) is -0.852. The van der Waals surface area contributed by atoms with Gasteiger partial charge in [0, 0.05) is 23.3 Å². The number of rotatable bonds is 6. The minimum absolute atomic E-state index is 0.00378.